The van der Waals surface area contributed by atoms with Crippen LogP contribution in [0.1, 0.15) is 106 Å². The van der Waals surface area contributed by atoms with Gasteiger partial charge >= 0.3 is 11.9 Å². The number of cyclic esters (lactones) is 2. The van der Waals surface area contributed by atoms with E-state index in [4.69, 9.17) is 18.9 Å². The molecule has 2 aliphatic heterocycles. The minimum atomic E-state index is -1.24. The summed E-state index contributed by atoms with van der Waals surface area (Å²) < 4.78 is 23.3. The van der Waals surface area contributed by atoms with Crippen LogP contribution >= 0.6 is 15.9 Å². The maximum absolute atomic E-state index is 12.5. The Hall–Kier alpha value is -2.67. The number of ether oxygens (including phenoxy) is 4. The molecule has 54 heavy (non-hydrogen) atoms. The first-order valence-corrected chi connectivity index (χ1v) is 28.5. The number of carbonyl (C=O) groups is 2. The Morgan fingerprint density at radius 2 is 1.07 bits per heavy atom. The number of benzene rings is 2. The molecule has 7 nitrogen and oxygen atoms in total. The summed E-state index contributed by atoms with van der Waals surface area (Å²) in [5, 5.41) is 10.4. The largest absolute Gasteiger partial charge is 0.493 e. The molecule has 0 saturated carbocycles. The first kappa shape index (κ1) is 45.7. The van der Waals surface area contributed by atoms with Crippen molar-refractivity contribution < 1.29 is 33.6 Å². The van der Waals surface area contributed by atoms with E-state index in [1.165, 1.54) is 22.3 Å². The van der Waals surface area contributed by atoms with Crippen LogP contribution < -0.4 is 9.47 Å². The second-order valence-electron chi connectivity index (χ2n) is 16.8. The van der Waals surface area contributed by atoms with Crippen LogP contribution in [0, 0.1) is 13.8 Å². The van der Waals surface area contributed by atoms with Crippen LogP contribution in [-0.4, -0.2) is 58.3 Å². The standard InChI is InChI=1S/C22H33BrO3Si.C22H34O4Si/c2*1-7-16(13-23)9-10-18-17(8-2)15(3)19-14-26-22(24)20(19)21(18)25-11-12-27(4,5)6/h9H,7-8,10-14H2,1-6H3;9,23H,7-8,10-14H2,1-6H3. The minimum absolute atomic E-state index is 0.0652. The summed E-state index contributed by atoms with van der Waals surface area (Å²) in [4.78, 5) is 24.9. The molecule has 1 N–H and O–H groups in total. The number of hydrogen-bond acceptors (Lipinski definition) is 7. The monoisotopic (exact) mass is 842 g/mol. The molecule has 0 radical (unpaired) electrons. The van der Waals surface area contributed by atoms with Gasteiger partial charge in [-0.1, -0.05) is 101 Å². The number of rotatable bonds is 18. The minimum Gasteiger partial charge on any atom is -0.493 e. The van der Waals surface area contributed by atoms with Crippen LogP contribution in [0.25, 0.3) is 0 Å². The maximum atomic E-state index is 12.5. The zero-order valence-electron chi connectivity index (χ0n) is 35.3. The fourth-order valence-corrected chi connectivity index (χ4v) is 9.04. The van der Waals surface area contributed by atoms with Crippen LogP contribution in [0.2, 0.25) is 51.4 Å². The molecule has 0 fully saturated rings. The summed E-state index contributed by atoms with van der Waals surface area (Å²) in [6.07, 6.45) is 9.45. The summed E-state index contributed by atoms with van der Waals surface area (Å²) in [6.45, 7) is 28.8. The van der Waals surface area contributed by atoms with Gasteiger partial charge in [0.15, 0.2) is 0 Å². The van der Waals surface area contributed by atoms with Gasteiger partial charge in [0.05, 0.1) is 19.8 Å². The molecule has 0 aromatic heterocycles. The molecule has 2 aliphatic rings. The molecule has 0 aliphatic carbocycles. The quantitative estimate of drug-likeness (QED) is 0.0692. The van der Waals surface area contributed by atoms with Crippen LogP contribution in [-0.2, 0) is 48.4 Å². The number of esters is 2. The lowest BCUT2D eigenvalue weighted by Gasteiger charge is -2.22. The van der Waals surface area contributed by atoms with Gasteiger partial charge in [-0.25, -0.2) is 9.59 Å². The number of hydrogen-bond donors (Lipinski definition) is 1. The van der Waals surface area contributed by atoms with Crippen molar-refractivity contribution in [1.29, 1.82) is 0 Å². The van der Waals surface area contributed by atoms with E-state index in [1.54, 1.807) is 0 Å². The summed E-state index contributed by atoms with van der Waals surface area (Å²) in [5.74, 6) is 0.967. The molecule has 0 spiro atoms. The number of allylic oxidation sites excluding steroid dienone is 3. The number of alkyl halides is 1. The van der Waals surface area contributed by atoms with Gasteiger partial charge < -0.3 is 24.1 Å². The molecule has 2 heterocycles. The molecule has 0 bridgehead atoms. The zero-order chi connectivity index (χ0) is 40.4. The summed E-state index contributed by atoms with van der Waals surface area (Å²) in [6, 6.07) is 2.11. The van der Waals surface area contributed by atoms with Crippen molar-refractivity contribution in [2.75, 3.05) is 25.2 Å². The van der Waals surface area contributed by atoms with E-state index in [0.29, 0.717) is 49.7 Å². The highest BCUT2D eigenvalue weighted by Crippen LogP contribution is 2.41. The fourth-order valence-electron chi connectivity index (χ4n) is 6.99. The summed E-state index contributed by atoms with van der Waals surface area (Å²) in [7, 11) is -2.45. The number of carbonyl (C=O) groups excluding carboxylic acids is 2. The molecule has 2 aromatic carbocycles. The van der Waals surface area contributed by atoms with Crippen LogP contribution in [0.5, 0.6) is 11.5 Å². The predicted octanol–water partition coefficient (Wildman–Crippen LogP) is 11.0. The van der Waals surface area contributed by atoms with Crippen molar-refractivity contribution >= 4 is 44.0 Å². The molecule has 2 aromatic rings. The van der Waals surface area contributed by atoms with Gasteiger partial charge in [-0.15, -0.1) is 0 Å². The van der Waals surface area contributed by atoms with Gasteiger partial charge in [-0.3, -0.25) is 0 Å². The summed E-state index contributed by atoms with van der Waals surface area (Å²) in [5.41, 5.74) is 12.8. The second-order valence-corrected chi connectivity index (χ2v) is 28.6. The Balaban J connectivity index is 0.000000290. The highest BCUT2D eigenvalue weighted by molar-refractivity contribution is 9.09. The van der Waals surface area contributed by atoms with Gasteiger partial charge in [0.25, 0.3) is 0 Å². The van der Waals surface area contributed by atoms with E-state index in [9.17, 15) is 14.7 Å². The van der Waals surface area contributed by atoms with Gasteiger partial charge in [0.2, 0.25) is 0 Å². The van der Waals surface area contributed by atoms with E-state index in [1.807, 2.05) is 6.92 Å². The van der Waals surface area contributed by atoms with Crippen molar-refractivity contribution in [2.24, 2.45) is 0 Å². The van der Waals surface area contributed by atoms with Gasteiger partial charge in [-0.05, 0) is 92.3 Å². The van der Waals surface area contributed by atoms with E-state index in [-0.39, 0.29) is 18.5 Å². The molecule has 0 unspecified atom stereocenters. The Kier molecular flexibility index (Phi) is 17.3. The van der Waals surface area contributed by atoms with Crippen molar-refractivity contribution in [3.05, 3.63) is 78.9 Å². The number of halogens is 1. The highest BCUT2D eigenvalue weighted by atomic mass is 79.9. The van der Waals surface area contributed by atoms with Crippen molar-refractivity contribution in [3.63, 3.8) is 0 Å². The van der Waals surface area contributed by atoms with E-state index in [2.05, 4.69) is 102 Å². The van der Waals surface area contributed by atoms with Crippen LogP contribution in [0.4, 0.5) is 0 Å². The van der Waals surface area contributed by atoms with E-state index in [0.717, 1.165) is 88.7 Å². The highest BCUT2D eigenvalue weighted by Gasteiger charge is 2.34. The lowest BCUT2D eigenvalue weighted by atomic mass is 9.89. The van der Waals surface area contributed by atoms with Crippen LogP contribution in [0.15, 0.2) is 23.3 Å². The summed E-state index contributed by atoms with van der Waals surface area (Å²) >= 11 is 3.57. The average Bonchev–Trinajstić information content (AvgIpc) is 3.70. The van der Waals surface area contributed by atoms with Crippen molar-refractivity contribution in [1.82, 2.24) is 0 Å². The molecule has 0 amide bonds. The number of aliphatic hydroxyl groups is 1. The van der Waals surface area contributed by atoms with Gasteiger partial charge in [0, 0.05) is 43.7 Å². The van der Waals surface area contributed by atoms with E-state index < -0.39 is 16.1 Å². The molecule has 300 valence electrons. The third-order valence-corrected chi connectivity index (χ3v) is 14.8. The van der Waals surface area contributed by atoms with Gasteiger partial charge in [0.1, 0.15) is 35.8 Å². The first-order chi connectivity index (χ1) is 25.5. The Labute approximate surface area is 336 Å². The maximum Gasteiger partial charge on any atom is 0.342 e. The lowest BCUT2D eigenvalue weighted by Crippen LogP contribution is -2.23. The zero-order valence-corrected chi connectivity index (χ0v) is 38.9. The predicted molar refractivity (Wildman–Crippen MR) is 232 cm³/mol. The molecular weight excluding hydrogens is 777 g/mol. The Morgan fingerprint density at radius 1 is 0.685 bits per heavy atom. The third kappa shape index (κ3) is 11.7. The average molecular weight is 844 g/mol. The van der Waals surface area contributed by atoms with Crippen LogP contribution in [0.3, 0.4) is 0 Å². The van der Waals surface area contributed by atoms with Gasteiger partial charge in [-0.2, -0.15) is 0 Å². The number of fused-ring (bicyclic) bond motifs is 2. The van der Waals surface area contributed by atoms with E-state index >= 15 is 0 Å². The van der Waals surface area contributed by atoms with Crippen molar-refractivity contribution in [3.8, 4) is 11.5 Å². The SMILES string of the molecule is CCC(=CCc1c(CC)c(C)c2c(c1OCC[Si](C)(C)C)C(=O)OC2)CBr.CCC(=CCc1c(CC)c(C)c2c(c1OCC[Si](C)(C)C)C(=O)OC2)CO. The smallest absolute Gasteiger partial charge is 0.342 e. The number of aliphatic hydroxyl groups excluding tert-OH is 1. The second kappa shape index (κ2) is 20.5. The molecule has 0 atom stereocenters. The molecule has 0 saturated heterocycles. The molecule has 4 rings (SSSR count). The Morgan fingerprint density at radius 3 is 1.39 bits per heavy atom. The lowest BCUT2D eigenvalue weighted by molar-refractivity contribution is 0.0523. The van der Waals surface area contributed by atoms with Crippen molar-refractivity contribution in [2.45, 2.75) is 145 Å². The normalized spacial score (nSPS) is 14.3. The molecule has 10 heteroatoms. The topological polar surface area (TPSA) is 91.3 Å². The molecular formula is C44H67BrO7Si2. The first-order valence-electron chi connectivity index (χ1n) is 19.9. The fraction of sp³-hybridized carbons (Fsp3) is 0.591. The Bertz CT molecular complexity index is 1580. The third-order valence-electron chi connectivity index (χ3n) is 10.6.